The smallest absolute Gasteiger partial charge is 0.219 e. The monoisotopic (exact) mass is 381 g/mol. The Bertz CT molecular complexity index is 796. The zero-order valence-electron chi connectivity index (χ0n) is 15.7. The molecule has 1 atom stereocenters. The molecule has 2 aliphatic rings. The maximum Gasteiger partial charge on any atom is 0.219 e. The lowest BCUT2D eigenvalue weighted by Gasteiger charge is -2.33. The molecule has 8 nitrogen and oxygen atoms in total. The minimum atomic E-state index is -3.24. The lowest BCUT2D eigenvalue weighted by Crippen LogP contribution is -2.39. The van der Waals surface area contributed by atoms with Crippen LogP contribution in [-0.4, -0.2) is 65.9 Å². The summed E-state index contributed by atoms with van der Waals surface area (Å²) in [5, 5.41) is 3.14. The number of aromatic nitrogens is 2. The maximum atomic E-state index is 12.2. The Morgan fingerprint density at radius 1 is 1.31 bits per heavy atom. The Labute approximate surface area is 155 Å². The van der Waals surface area contributed by atoms with Gasteiger partial charge in [0.1, 0.15) is 11.6 Å². The van der Waals surface area contributed by atoms with E-state index < -0.39 is 10.0 Å². The predicted octanol–water partition coefficient (Wildman–Crippen LogP) is 0.952. The van der Waals surface area contributed by atoms with Gasteiger partial charge in [-0.15, -0.1) is 0 Å². The van der Waals surface area contributed by atoms with Crippen molar-refractivity contribution in [3.8, 4) is 0 Å². The molecular weight excluding hydrogens is 354 g/mol. The van der Waals surface area contributed by atoms with Crippen LogP contribution in [0.1, 0.15) is 49.7 Å². The van der Waals surface area contributed by atoms with E-state index in [1.54, 1.807) is 13.8 Å². The highest BCUT2D eigenvalue weighted by Crippen LogP contribution is 2.30. The number of likely N-dealkylation sites (tertiary alicyclic amines) is 1. The molecule has 0 unspecified atom stereocenters. The van der Waals surface area contributed by atoms with Gasteiger partial charge in [-0.25, -0.2) is 18.4 Å². The average molecular weight is 382 g/mol. The fraction of sp³-hybridized carbons (Fsp3) is 0.706. The van der Waals surface area contributed by atoms with E-state index in [1.165, 1.54) is 4.31 Å². The van der Waals surface area contributed by atoms with Crippen LogP contribution >= 0.6 is 0 Å². The summed E-state index contributed by atoms with van der Waals surface area (Å²) in [6.07, 6.45) is 2.47. The van der Waals surface area contributed by atoms with Crippen molar-refractivity contribution in [2.45, 2.75) is 45.6 Å². The van der Waals surface area contributed by atoms with Crippen LogP contribution in [0.5, 0.6) is 0 Å². The van der Waals surface area contributed by atoms with Crippen molar-refractivity contribution in [2.75, 3.05) is 37.8 Å². The number of hydrogen-bond acceptors (Lipinski definition) is 6. The molecule has 1 N–H and O–H groups in total. The molecule has 1 aromatic rings. The third-order valence-corrected chi connectivity index (χ3v) is 7.10. The molecular formula is C17H27N5O3S. The van der Waals surface area contributed by atoms with Crippen LogP contribution in [0.15, 0.2) is 0 Å². The maximum absolute atomic E-state index is 12.2. The third kappa shape index (κ3) is 3.68. The second-order valence-corrected chi connectivity index (χ2v) is 9.15. The number of nitrogens with one attached hydrogen (secondary N) is 1. The summed E-state index contributed by atoms with van der Waals surface area (Å²) in [7, 11) is -1.42. The lowest BCUT2D eigenvalue weighted by molar-refractivity contribution is -0.130. The Hall–Kier alpha value is -1.74. The van der Waals surface area contributed by atoms with E-state index in [-0.39, 0.29) is 17.6 Å². The van der Waals surface area contributed by atoms with E-state index in [1.807, 2.05) is 11.9 Å². The number of nitrogens with zero attached hydrogens (tertiary/aromatic N) is 4. The van der Waals surface area contributed by atoms with Gasteiger partial charge in [-0.1, -0.05) is 0 Å². The van der Waals surface area contributed by atoms with Crippen molar-refractivity contribution in [1.29, 1.82) is 0 Å². The second kappa shape index (κ2) is 7.48. The lowest BCUT2D eigenvalue weighted by atomic mass is 9.96. The largest absolute Gasteiger partial charge is 0.373 e. The highest BCUT2D eigenvalue weighted by Gasteiger charge is 2.31. The van der Waals surface area contributed by atoms with Crippen molar-refractivity contribution >= 4 is 21.7 Å². The molecule has 9 heteroatoms. The Morgan fingerprint density at radius 2 is 2.08 bits per heavy atom. The molecule has 0 radical (unpaired) electrons. The number of carbonyl (C=O) groups excluding carboxylic acids is 1. The molecule has 0 bridgehead atoms. The molecule has 3 heterocycles. The number of carbonyl (C=O) groups is 1. The van der Waals surface area contributed by atoms with Crippen LogP contribution < -0.4 is 5.32 Å². The van der Waals surface area contributed by atoms with Crippen LogP contribution in [0.3, 0.4) is 0 Å². The van der Waals surface area contributed by atoms with Crippen molar-refractivity contribution in [3.05, 3.63) is 17.1 Å². The summed E-state index contributed by atoms with van der Waals surface area (Å²) >= 11 is 0. The van der Waals surface area contributed by atoms with Gasteiger partial charge < -0.3 is 10.2 Å². The Balaban J connectivity index is 1.92. The average Bonchev–Trinajstić information content (AvgIpc) is 2.66. The number of amides is 1. The normalized spacial score (nSPS) is 21.3. The van der Waals surface area contributed by atoms with Crippen LogP contribution in [0.2, 0.25) is 0 Å². The molecule has 0 aliphatic carbocycles. The quantitative estimate of drug-likeness (QED) is 0.834. The van der Waals surface area contributed by atoms with Gasteiger partial charge >= 0.3 is 0 Å². The van der Waals surface area contributed by atoms with Crippen molar-refractivity contribution < 1.29 is 13.2 Å². The van der Waals surface area contributed by atoms with Crippen LogP contribution in [0.4, 0.5) is 5.82 Å². The van der Waals surface area contributed by atoms with Crippen molar-refractivity contribution in [2.24, 2.45) is 0 Å². The van der Waals surface area contributed by atoms with Gasteiger partial charge in [0.05, 0.1) is 18.0 Å². The first kappa shape index (κ1) is 19.0. The number of rotatable bonds is 4. The topological polar surface area (TPSA) is 95.5 Å². The van der Waals surface area contributed by atoms with E-state index >= 15 is 0 Å². The molecule has 0 aromatic carbocycles. The fourth-order valence-electron chi connectivity index (χ4n) is 3.71. The van der Waals surface area contributed by atoms with E-state index in [4.69, 9.17) is 9.97 Å². The van der Waals surface area contributed by atoms with Crippen LogP contribution in [0, 0.1) is 0 Å². The Kier molecular flexibility index (Phi) is 5.47. The zero-order chi connectivity index (χ0) is 18.9. The molecule has 1 fully saturated rings. The molecule has 0 saturated carbocycles. The minimum absolute atomic E-state index is 0.0710. The van der Waals surface area contributed by atoms with Gasteiger partial charge in [-0.3, -0.25) is 4.79 Å². The van der Waals surface area contributed by atoms with E-state index in [2.05, 4.69) is 5.32 Å². The molecule has 1 aromatic heterocycles. The number of hydrogen-bond donors (Lipinski definition) is 1. The summed E-state index contributed by atoms with van der Waals surface area (Å²) in [5.74, 6) is 1.73. The van der Waals surface area contributed by atoms with Crippen LogP contribution in [0.25, 0.3) is 0 Å². The zero-order valence-corrected chi connectivity index (χ0v) is 16.5. The summed E-state index contributed by atoms with van der Waals surface area (Å²) in [4.78, 5) is 23.0. The van der Waals surface area contributed by atoms with Gasteiger partial charge in [0, 0.05) is 45.1 Å². The number of fused-ring (bicyclic) bond motifs is 1. The van der Waals surface area contributed by atoms with Gasteiger partial charge in [-0.05, 0) is 26.2 Å². The minimum Gasteiger partial charge on any atom is -0.373 e. The standard InChI is InChI=1S/C17H27N5O3S/c1-4-26(24,25)22-9-7-14-15(11-22)19-16(20-17(14)18-3)13-6-5-8-21(10-13)12(2)23/h13H,4-11H2,1-3H3,(H,18,19,20)/t13-/m1/s1. The number of anilines is 1. The van der Waals surface area contributed by atoms with Gasteiger partial charge in [-0.2, -0.15) is 4.31 Å². The summed E-state index contributed by atoms with van der Waals surface area (Å²) in [6, 6.07) is 0. The SMILES string of the molecule is CCS(=O)(=O)N1CCc2c(nc([C@@H]3CCCN(C(C)=O)C3)nc2NC)C1. The molecule has 144 valence electrons. The number of sulfonamides is 1. The van der Waals surface area contributed by atoms with Gasteiger partial charge in [0.25, 0.3) is 0 Å². The molecule has 1 saturated heterocycles. The highest BCUT2D eigenvalue weighted by atomic mass is 32.2. The first-order valence-corrected chi connectivity index (χ1v) is 10.8. The first-order chi connectivity index (χ1) is 12.4. The predicted molar refractivity (Wildman–Crippen MR) is 99.4 cm³/mol. The summed E-state index contributed by atoms with van der Waals surface area (Å²) < 4.78 is 26.0. The highest BCUT2D eigenvalue weighted by molar-refractivity contribution is 7.89. The van der Waals surface area contributed by atoms with E-state index in [0.717, 1.165) is 36.5 Å². The van der Waals surface area contributed by atoms with Gasteiger partial charge in [0.2, 0.25) is 15.9 Å². The molecule has 1 amide bonds. The molecule has 2 aliphatic heterocycles. The van der Waals surface area contributed by atoms with E-state index in [9.17, 15) is 13.2 Å². The molecule has 3 rings (SSSR count). The van der Waals surface area contributed by atoms with Gasteiger partial charge in [0.15, 0.2) is 0 Å². The second-order valence-electron chi connectivity index (χ2n) is 6.89. The van der Waals surface area contributed by atoms with Crippen molar-refractivity contribution in [1.82, 2.24) is 19.2 Å². The van der Waals surface area contributed by atoms with Crippen LogP contribution in [-0.2, 0) is 27.8 Å². The third-order valence-electron chi connectivity index (χ3n) is 5.27. The summed E-state index contributed by atoms with van der Waals surface area (Å²) in [6.45, 7) is 5.39. The van der Waals surface area contributed by atoms with E-state index in [0.29, 0.717) is 31.9 Å². The van der Waals surface area contributed by atoms with Crippen molar-refractivity contribution in [3.63, 3.8) is 0 Å². The fourth-order valence-corrected chi connectivity index (χ4v) is 4.76. The molecule has 0 spiro atoms. The first-order valence-electron chi connectivity index (χ1n) is 9.16. The number of piperidine rings is 1. The summed E-state index contributed by atoms with van der Waals surface area (Å²) in [5.41, 5.74) is 1.78. The Morgan fingerprint density at radius 3 is 2.73 bits per heavy atom. The molecule has 26 heavy (non-hydrogen) atoms.